The standard InChI is InChI=1S/C10H22O2/c1-4-6-7-10(3,8-11)9(12)5-2/h9,11-12H,4-8H2,1-3H3. The lowest BCUT2D eigenvalue weighted by atomic mass is 9.79. The molecule has 74 valence electrons. The fourth-order valence-corrected chi connectivity index (χ4v) is 1.42. The minimum Gasteiger partial charge on any atom is -0.396 e. The second-order valence-corrected chi connectivity index (χ2v) is 3.84. The first-order chi connectivity index (χ1) is 5.60. The van der Waals surface area contributed by atoms with Crippen LogP contribution in [0.5, 0.6) is 0 Å². The molecule has 0 aromatic heterocycles. The van der Waals surface area contributed by atoms with Crippen LogP contribution in [0.3, 0.4) is 0 Å². The Morgan fingerprint density at radius 2 is 1.92 bits per heavy atom. The van der Waals surface area contributed by atoms with Gasteiger partial charge >= 0.3 is 0 Å². The van der Waals surface area contributed by atoms with Gasteiger partial charge in [-0.05, 0) is 12.8 Å². The van der Waals surface area contributed by atoms with Crippen LogP contribution in [-0.2, 0) is 0 Å². The van der Waals surface area contributed by atoms with Gasteiger partial charge < -0.3 is 10.2 Å². The predicted molar refractivity (Wildman–Crippen MR) is 51.0 cm³/mol. The van der Waals surface area contributed by atoms with E-state index in [9.17, 15) is 5.11 Å². The number of aliphatic hydroxyl groups is 2. The van der Waals surface area contributed by atoms with Crippen molar-refractivity contribution < 1.29 is 10.2 Å². The zero-order valence-corrected chi connectivity index (χ0v) is 8.51. The molecule has 0 aromatic rings. The van der Waals surface area contributed by atoms with Crippen LogP contribution < -0.4 is 0 Å². The molecule has 0 aliphatic carbocycles. The van der Waals surface area contributed by atoms with Crippen molar-refractivity contribution in [3.8, 4) is 0 Å². The molecule has 0 aromatic carbocycles. The van der Waals surface area contributed by atoms with Crippen molar-refractivity contribution in [2.24, 2.45) is 5.41 Å². The summed E-state index contributed by atoms with van der Waals surface area (Å²) in [7, 11) is 0. The van der Waals surface area contributed by atoms with E-state index in [0.717, 1.165) is 25.7 Å². The number of hydrogen-bond acceptors (Lipinski definition) is 2. The summed E-state index contributed by atoms with van der Waals surface area (Å²) in [6, 6.07) is 0. The lowest BCUT2D eigenvalue weighted by Gasteiger charge is -2.32. The van der Waals surface area contributed by atoms with Gasteiger partial charge in [0.1, 0.15) is 0 Å². The van der Waals surface area contributed by atoms with E-state index >= 15 is 0 Å². The lowest BCUT2D eigenvalue weighted by molar-refractivity contribution is -0.0140. The summed E-state index contributed by atoms with van der Waals surface area (Å²) in [6.45, 7) is 6.11. The molecule has 2 N–H and O–H groups in total. The van der Waals surface area contributed by atoms with E-state index in [2.05, 4.69) is 6.92 Å². The minimum absolute atomic E-state index is 0.0853. The molecule has 0 bridgehead atoms. The van der Waals surface area contributed by atoms with Gasteiger partial charge in [0.05, 0.1) is 12.7 Å². The molecular formula is C10H22O2. The second kappa shape index (κ2) is 5.55. The van der Waals surface area contributed by atoms with Crippen molar-refractivity contribution >= 4 is 0 Å². The quantitative estimate of drug-likeness (QED) is 0.646. The third-order valence-electron chi connectivity index (χ3n) is 2.65. The van der Waals surface area contributed by atoms with Crippen LogP contribution in [-0.4, -0.2) is 22.9 Å². The molecule has 0 fully saturated rings. The lowest BCUT2D eigenvalue weighted by Crippen LogP contribution is -2.35. The second-order valence-electron chi connectivity index (χ2n) is 3.84. The van der Waals surface area contributed by atoms with Crippen LogP contribution in [0.1, 0.15) is 46.5 Å². The molecule has 0 aliphatic heterocycles. The van der Waals surface area contributed by atoms with Crippen molar-refractivity contribution in [1.29, 1.82) is 0 Å². The molecule has 12 heavy (non-hydrogen) atoms. The molecule has 0 saturated heterocycles. The molecule has 0 spiro atoms. The first kappa shape index (κ1) is 11.9. The molecule has 0 heterocycles. The normalized spacial score (nSPS) is 18.8. The molecule has 2 nitrogen and oxygen atoms in total. The Hall–Kier alpha value is -0.0800. The highest BCUT2D eigenvalue weighted by Gasteiger charge is 2.30. The molecule has 0 rings (SSSR count). The fourth-order valence-electron chi connectivity index (χ4n) is 1.42. The number of rotatable bonds is 6. The molecule has 2 atom stereocenters. The molecular weight excluding hydrogens is 152 g/mol. The van der Waals surface area contributed by atoms with Crippen molar-refractivity contribution in [3.05, 3.63) is 0 Å². The number of aliphatic hydroxyl groups excluding tert-OH is 2. The van der Waals surface area contributed by atoms with E-state index in [1.807, 2.05) is 13.8 Å². The highest BCUT2D eigenvalue weighted by molar-refractivity contribution is 4.80. The number of unbranched alkanes of at least 4 members (excludes halogenated alkanes) is 1. The van der Waals surface area contributed by atoms with Crippen molar-refractivity contribution in [3.63, 3.8) is 0 Å². The van der Waals surface area contributed by atoms with Gasteiger partial charge in [0.25, 0.3) is 0 Å². The Bertz CT molecular complexity index is 114. The third-order valence-corrected chi connectivity index (χ3v) is 2.65. The van der Waals surface area contributed by atoms with E-state index in [4.69, 9.17) is 5.11 Å². The highest BCUT2D eigenvalue weighted by Crippen LogP contribution is 2.29. The summed E-state index contributed by atoms with van der Waals surface area (Å²) >= 11 is 0. The predicted octanol–water partition coefficient (Wildman–Crippen LogP) is 1.95. The Labute approximate surface area is 75.6 Å². The Morgan fingerprint density at radius 1 is 1.33 bits per heavy atom. The maximum atomic E-state index is 9.64. The van der Waals surface area contributed by atoms with Gasteiger partial charge in [0.15, 0.2) is 0 Å². The summed E-state index contributed by atoms with van der Waals surface area (Å²) < 4.78 is 0. The SMILES string of the molecule is CCCCC(C)(CO)C(O)CC. The molecule has 0 aliphatic rings. The Kier molecular flexibility index (Phi) is 5.51. The Balaban J connectivity index is 4.03. The molecule has 0 amide bonds. The average molecular weight is 174 g/mol. The monoisotopic (exact) mass is 174 g/mol. The van der Waals surface area contributed by atoms with Gasteiger partial charge in [-0.25, -0.2) is 0 Å². The van der Waals surface area contributed by atoms with Crippen LogP contribution in [0.15, 0.2) is 0 Å². The van der Waals surface area contributed by atoms with E-state index < -0.39 is 0 Å². The van der Waals surface area contributed by atoms with E-state index in [-0.39, 0.29) is 18.1 Å². The van der Waals surface area contributed by atoms with Crippen molar-refractivity contribution in [2.75, 3.05) is 6.61 Å². The largest absolute Gasteiger partial charge is 0.396 e. The van der Waals surface area contributed by atoms with Gasteiger partial charge in [-0.1, -0.05) is 33.6 Å². The fraction of sp³-hybridized carbons (Fsp3) is 1.00. The van der Waals surface area contributed by atoms with Crippen molar-refractivity contribution in [1.82, 2.24) is 0 Å². The van der Waals surface area contributed by atoms with E-state index in [1.165, 1.54) is 0 Å². The summed E-state index contributed by atoms with van der Waals surface area (Å²) in [5.74, 6) is 0. The van der Waals surface area contributed by atoms with Gasteiger partial charge in [-0.2, -0.15) is 0 Å². The maximum Gasteiger partial charge on any atom is 0.0613 e. The van der Waals surface area contributed by atoms with E-state index in [1.54, 1.807) is 0 Å². The minimum atomic E-state index is -0.367. The molecule has 0 radical (unpaired) electrons. The smallest absolute Gasteiger partial charge is 0.0613 e. The molecule has 2 heteroatoms. The van der Waals surface area contributed by atoms with Crippen LogP contribution in [0.2, 0.25) is 0 Å². The molecule has 2 unspecified atom stereocenters. The van der Waals surface area contributed by atoms with Crippen LogP contribution in [0.25, 0.3) is 0 Å². The van der Waals surface area contributed by atoms with Gasteiger partial charge in [-0.3, -0.25) is 0 Å². The van der Waals surface area contributed by atoms with Crippen LogP contribution >= 0.6 is 0 Å². The van der Waals surface area contributed by atoms with Gasteiger partial charge in [0, 0.05) is 5.41 Å². The maximum absolute atomic E-state index is 9.64. The zero-order valence-electron chi connectivity index (χ0n) is 8.51. The third kappa shape index (κ3) is 3.11. The molecule has 0 saturated carbocycles. The zero-order chi connectivity index (χ0) is 9.61. The van der Waals surface area contributed by atoms with Crippen LogP contribution in [0, 0.1) is 5.41 Å². The summed E-state index contributed by atoms with van der Waals surface area (Å²) in [5, 5.41) is 18.8. The summed E-state index contributed by atoms with van der Waals surface area (Å²) in [6.07, 6.45) is 3.46. The highest BCUT2D eigenvalue weighted by atomic mass is 16.3. The topological polar surface area (TPSA) is 40.5 Å². The Morgan fingerprint density at radius 3 is 2.25 bits per heavy atom. The van der Waals surface area contributed by atoms with Crippen LogP contribution in [0.4, 0.5) is 0 Å². The van der Waals surface area contributed by atoms with Gasteiger partial charge in [0.2, 0.25) is 0 Å². The number of hydrogen-bond donors (Lipinski definition) is 2. The average Bonchev–Trinajstić information content (AvgIpc) is 2.12. The first-order valence-electron chi connectivity index (χ1n) is 4.89. The summed E-state index contributed by atoms with van der Waals surface area (Å²) in [4.78, 5) is 0. The van der Waals surface area contributed by atoms with E-state index in [0.29, 0.717) is 0 Å². The van der Waals surface area contributed by atoms with Crippen molar-refractivity contribution in [2.45, 2.75) is 52.6 Å². The summed E-state index contributed by atoms with van der Waals surface area (Å²) in [5.41, 5.74) is -0.287. The first-order valence-corrected chi connectivity index (χ1v) is 4.89. The van der Waals surface area contributed by atoms with Gasteiger partial charge in [-0.15, -0.1) is 0 Å².